The van der Waals surface area contributed by atoms with Gasteiger partial charge in [0.15, 0.2) is 0 Å². The van der Waals surface area contributed by atoms with Crippen LogP contribution in [0, 0.1) is 0 Å². The van der Waals surface area contributed by atoms with E-state index in [0.29, 0.717) is 6.04 Å². The SMILES string of the molecule is CC(C)N1CCc2ccc(C(=O)N3CCN(C)CC3)cc21. The van der Waals surface area contributed by atoms with Gasteiger partial charge in [-0.1, -0.05) is 6.07 Å². The molecule has 2 aliphatic rings. The van der Waals surface area contributed by atoms with E-state index in [9.17, 15) is 4.79 Å². The van der Waals surface area contributed by atoms with E-state index in [2.05, 4.69) is 42.8 Å². The lowest BCUT2D eigenvalue weighted by Crippen LogP contribution is -2.47. The van der Waals surface area contributed by atoms with E-state index >= 15 is 0 Å². The van der Waals surface area contributed by atoms with Crippen LogP contribution in [0.2, 0.25) is 0 Å². The number of amides is 1. The van der Waals surface area contributed by atoms with Crippen molar-refractivity contribution in [3.05, 3.63) is 29.3 Å². The Labute approximate surface area is 127 Å². The molecule has 0 aromatic heterocycles. The minimum absolute atomic E-state index is 0.182. The molecule has 3 rings (SSSR count). The molecule has 0 bridgehead atoms. The van der Waals surface area contributed by atoms with Crippen molar-refractivity contribution >= 4 is 11.6 Å². The van der Waals surface area contributed by atoms with Crippen molar-refractivity contribution in [2.24, 2.45) is 0 Å². The predicted molar refractivity (Wildman–Crippen MR) is 86.0 cm³/mol. The van der Waals surface area contributed by atoms with Gasteiger partial charge < -0.3 is 14.7 Å². The molecule has 1 aromatic carbocycles. The Kier molecular flexibility index (Phi) is 3.89. The van der Waals surface area contributed by atoms with Crippen LogP contribution in [0.25, 0.3) is 0 Å². The Balaban J connectivity index is 1.80. The van der Waals surface area contributed by atoms with Crippen molar-refractivity contribution < 1.29 is 4.79 Å². The molecule has 1 saturated heterocycles. The number of carbonyl (C=O) groups is 1. The van der Waals surface area contributed by atoms with E-state index in [0.717, 1.165) is 44.7 Å². The Morgan fingerprint density at radius 3 is 2.48 bits per heavy atom. The van der Waals surface area contributed by atoms with E-state index in [1.807, 2.05) is 11.0 Å². The molecule has 1 aromatic rings. The molecular weight excluding hydrogens is 262 g/mol. The van der Waals surface area contributed by atoms with Gasteiger partial charge in [-0.25, -0.2) is 0 Å². The number of carbonyl (C=O) groups excluding carboxylic acids is 1. The highest BCUT2D eigenvalue weighted by Gasteiger charge is 2.25. The zero-order valence-electron chi connectivity index (χ0n) is 13.3. The largest absolute Gasteiger partial charge is 0.369 e. The van der Waals surface area contributed by atoms with E-state index in [-0.39, 0.29) is 5.91 Å². The quantitative estimate of drug-likeness (QED) is 0.830. The van der Waals surface area contributed by atoms with Crippen molar-refractivity contribution in [3.63, 3.8) is 0 Å². The first-order valence-electron chi connectivity index (χ1n) is 7.93. The van der Waals surface area contributed by atoms with Gasteiger partial charge in [-0.2, -0.15) is 0 Å². The molecule has 4 nitrogen and oxygen atoms in total. The third-order valence-electron chi connectivity index (χ3n) is 4.68. The molecule has 1 amide bonds. The number of piperazine rings is 1. The van der Waals surface area contributed by atoms with Crippen LogP contribution in [0.5, 0.6) is 0 Å². The number of hydrogen-bond acceptors (Lipinski definition) is 3. The molecule has 1 fully saturated rings. The predicted octanol–water partition coefficient (Wildman–Crippen LogP) is 1.85. The molecule has 0 atom stereocenters. The van der Waals surface area contributed by atoms with Crippen LogP contribution in [0.1, 0.15) is 29.8 Å². The summed E-state index contributed by atoms with van der Waals surface area (Å²) in [5, 5.41) is 0. The number of benzene rings is 1. The number of hydrogen-bond donors (Lipinski definition) is 0. The molecule has 0 N–H and O–H groups in total. The summed E-state index contributed by atoms with van der Waals surface area (Å²) >= 11 is 0. The Hall–Kier alpha value is -1.55. The van der Waals surface area contributed by atoms with E-state index in [4.69, 9.17) is 0 Å². The maximum Gasteiger partial charge on any atom is 0.254 e. The Morgan fingerprint density at radius 2 is 1.81 bits per heavy atom. The molecule has 0 radical (unpaired) electrons. The molecule has 0 aliphatic carbocycles. The average Bonchev–Trinajstić information content (AvgIpc) is 2.90. The molecular formula is C17H25N3O. The van der Waals surface area contributed by atoms with E-state index in [1.165, 1.54) is 11.3 Å². The summed E-state index contributed by atoms with van der Waals surface area (Å²) in [5.41, 5.74) is 3.47. The summed E-state index contributed by atoms with van der Waals surface area (Å²) < 4.78 is 0. The van der Waals surface area contributed by atoms with Crippen LogP contribution in [0.3, 0.4) is 0 Å². The summed E-state index contributed by atoms with van der Waals surface area (Å²) in [7, 11) is 2.11. The Morgan fingerprint density at radius 1 is 1.10 bits per heavy atom. The molecule has 0 saturated carbocycles. The van der Waals surface area contributed by atoms with Crippen molar-refractivity contribution in [1.82, 2.24) is 9.80 Å². The third kappa shape index (κ3) is 2.77. The van der Waals surface area contributed by atoms with Crippen molar-refractivity contribution in [2.45, 2.75) is 26.3 Å². The zero-order valence-corrected chi connectivity index (χ0v) is 13.3. The van der Waals surface area contributed by atoms with Crippen molar-refractivity contribution in [1.29, 1.82) is 0 Å². The van der Waals surface area contributed by atoms with Crippen molar-refractivity contribution in [2.75, 3.05) is 44.7 Å². The number of anilines is 1. The molecule has 0 spiro atoms. The maximum atomic E-state index is 12.7. The highest BCUT2D eigenvalue weighted by atomic mass is 16.2. The van der Waals surface area contributed by atoms with Gasteiger partial charge >= 0.3 is 0 Å². The lowest BCUT2D eigenvalue weighted by Gasteiger charge is -2.32. The molecule has 0 unspecified atom stereocenters. The molecule has 2 aliphatic heterocycles. The second-order valence-corrected chi connectivity index (χ2v) is 6.48. The minimum atomic E-state index is 0.182. The molecule has 114 valence electrons. The van der Waals surface area contributed by atoms with Gasteiger partial charge in [0.1, 0.15) is 0 Å². The second kappa shape index (κ2) is 5.68. The van der Waals surface area contributed by atoms with Crippen LogP contribution in [-0.2, 0) is 6.42 Å². The average molecular weight is 287 g/mol. The zero-order chi connectivity index (χ0) is 15.0. The third-order valence-corrected chi connectivity index (χ3v) is 4.68. The first-order valence-corrected chi connectivity index (χ1v) is 7.93. The normalized spacial score (nSPS) is 19.2. The molecule has 4 heteroatoms. The van der Waals surface area contributed by atoms with Crippen molar-refractivity contribution in [3.8, 4) is 0 Å². The number of nitrogens with zero attached hydrogens (tertiary/aromatic N) is 3. The topological polar surface area (TPSA) is 26.8 Å². The maximum absolute atomic E-state index is 12.7. The Bertz CT molecular complexity index is 533. The number of likely N-dealkylation sites (N-methyl/N-ethyl adjacent to an activating group) is 1. The van der Waals surface area contributed by atoms with Gasteiger partial charge in [-0.05, 0) is 45.0 Å². The fourth-order valence-electron chi connectivity index (χ4n) is 3.27. The van der Waals surface area contributed by atoms with Gasteiger partial charge in [0.05, 0.1) is 0 Å². The summed E-state index contributed by atoms with van der Waals surface area (Å²) in [6.45, 7) is 9.09. The standard InChI is InChI=1S/C17H25N3O/c1-13(2)20-7-6-14-4-5-15(12-16(14)20)17(21)19-10-8-18(3)9-11-19/h4-5,12-13H,6-11H2,1-3H3. The first-order chi connectivity index (χ1) is 10.1. The van der Waals surface area contributed by atoms with Crippen LogP contribution >= 0.6 is 0 Å². The highest BCUT2D eigenvalue weighted by Crippen LogP contribution is 2.31. The van der Waals surface area contributed by atoms with Gasteiger partial charge in [0.25, 0.3) is 5.91 Å². The van der Waals surface area contributed by atoms with E-state index < -0.39 is 0 Å². The fourth-order valence-corrected chi connectivity index (χ4v) is 3.27. The monoisotopic (exact) mass is 287 g/mol. The minimum Gasteiger partial charge on any atom is -0.369 e. The second-order valence-electron chi connectivity index (χ2n) is 6.48. The van der Waals surface area contributed by atoms with Gasteiger partial charge in [0.2, 0.25) is 0 Å². The molecule has 21 heavy (non-hydrogen) atoms. The lowest BCUT2D eigenvalue weighted by molar-refractivity contribution is 0.0664. The highest BCUT2D eigenvalue weighted by molar-refractivity contribution is 5.95. The number of fused-ring (bicyclic) bond motifs is 1. The smallest absolute Gasteiger partial charge is 0.254 e. The van der Waals surface area contributed by atoms with Gasteiger partial charge in [-0.15, -0.1) is 0 Å². The van der Waals surface area contributed by atoms with Crippen LogP contribution in [0.4, 0.5) is 5.69 Å². The summed E-state index contributed by atoms with van der Waals surface area (Å²) in [5.74, 6) is 0.182. The summed E-state index contributed by atoms with van der Waals surface area (Å²) in [6, 6.07) is 6.73. The lowest BCUT2D eigenvalue weighted by atomic mass is 10.1. The summed E-state index contributed by atoms with van der Waals surface area (Å²) in [6.07, 6.45) is 1.09. The van der Waals surface area contributed by atoms with E-state index in [1.54, 1.807) is 0 Å². The summed E-state index contributed by atoms with van der Waals surface area (Å²) in [4.78, 5) is 19.3. The molecule has 2 heterocycles. The van der Waals surface area contributed by atoms with Crippen LogP contribution in [0.15, 0.2) is 18.2 Å². The number of rotatable bonds is 2. The van der Waals surface area contributed by atoms with Crippen LogP contribution < -0.4 is 4.90 Å². The van der Waals surface area contributed by atoms with Crippen LogP contribution in [-0.4, -0.2) is 61.5 Å². The first kappa shape index (κ1) is 14.4. The van der Waals surface area contributed by atoms with Gasteiger partial charge in [-0.3, -0.25) is 4.79 Å². The fraction of sp³-hybridized carbons (Fsp3) is 0.588. The van der Waals surface area contributed by atoms with Gasteiger partial charge in [0, 0.05) is 50.0 Å².